The summed E-state index contributed by atoms with van der Waals surface area (Å²) in [6, 6.07) is -0.285. The minimum absolute atomic E-state index is 0.0819. The van der Waals surface area contributed by atoms with Crippen molar-refractivity contribution in [3.05, 3.63) is 16.1 Å². The molecule has 3 N–H and O–H groups in total. The average Bonchev–Trinajstić information content (AvgIpc) is 2.81. The summed E-state index contributed by atoms with van der Waals surface area (Å²) in [6.45, 7) is 8.24. The summed E-state index contributed by atoms with van der Waals surface area (Å²) in [5, 5.41) is 18.4. The van der Waals surface area contributed by atoms with Gasteiger partial charge in [0.1, 0.15) is 0 Å². The van der Waals surface area contributed by atoms with E-state index in [2.05, 4.69) is 22.5 Å². The van der Waals surface area contributed by atoms with Crippen molar-refractivity contribution in [1.29, 1.82) is 0 Å². The molecule has 1 aromatic rings. The number of thiazole rings is 1. The standard InChI is InChI=1S/C13H23N3O2S/c1-5-11-16-10(7-19-11)6-14-12(17)15-8-13(4,18)9(2)3/h7,9,18H,5-6,8H2,1-4H3,(H2,14,15,17). The van der Waals surface area contributed by atoms with Gasteiger partial charge in [-0.1, -0.05) is 20.8 Å². The van der Waals surface area contributed by atoms with E-state index in [1.807, 2.05) is 19.2 Å². The van der Waals surface area contributed by atoms with E-state index in [1.165, 1.54) is 0 Å². The van der Waals surface area contributed by atoms with Gasteiger partial charge in [-0.2, -0.15) is 0 Å². The van der Waals surface area contributed by atoms with Crippen LogP contribution in [0.4, 0.5) is 4.79 Å². The molecule has 0 saturated heterocycles. The van der Waals surface area contributed by atoms with Crippen LogP contribution >= 0.6 is 11.3 Å². The lowest BCUT2D eigenvalue weighted by molar-refractivity contribution is 0.0166. The SMILES string of the molecule is CCc1nc(CNC(=O)NCC(C)(O)C(C)C)cs1. The molecule has 108 valence electrons. The van der Waals surface area contributed by atoms with E-state index < -0.39 is 5.60 Å². The van der Waals surface area contributed by atoms with Crippen molar-refractivity contribution in [3.63, 3.8) is 0 Å². The Morgan fingerprint density at radius 2 is 2.21 bits per heavy atom. The summed E-state index contributed by atoms with van der Waals surface area (Å²) >= 11 is 1.60. The number of carbonyl (C=O) groups is 1. The van der Waals surface area contributed by atoms with Crippen molar-refractivity contribution in [2.75, 3.05) is 6.54 Å². The zero-order valence-corrected chi connectivity index (χ0v) is 12.8. The van der Waals surface area contributed by atoms with Gasteiger partial charge < -0.3 is 15.7 Å². The van der Waals surface area contributed by atoms with E-state index in [9.17, 15) is 9.90 Å². The van der Waals surface area contributed by atoms with Gasteiger partial charge in [0, 0.05) is 11.9 Å². The maximum Gasteiger partial charge on any atom is 0.315 e. The number of carbonyl (C=O) groups excluding carboxylic acids is 1. The van der Waals surface area contributed by atoms with Gasteiger partial charge >= 0.3 is 6.03 Å². The van der Waals surface area contributed by atoms with E-state index in [0.29, 0.717) is 6.54 Å². The zero-order valence-electron chi connectivity index (χ0n) is 12.0. The highest BCUT2D eigenvalue weighted by molar-refractivity contribution is 7.09. The Kier molecular flexibility index (Phi) is 5.75. The molecule has 0 spiro atoms. The minimum atomic E-state index is -0.895. The second-order valence-corrected chi connectivity index (χ2v) is 6.08. The van der Waals surface area contributed by atoms with Crippen LogP contribution in [0.15, 0.2) is 5.38 Å². The summed E-state index contributed by atoms with van der Waals surface area (Å²) < 4.78 is 0. The fraction of sp³-hybridized carbons (Fsp3) is 0.692. The lowest BCUT2D eigenvalue weighted by atomic mass is 9.93. The maximum absolute atomic E-state index is 11.6. The molecule has 0 fully saturated rings. The van der Waals surface area contributed by atoms with Crippen LogP contribution in [0, 0.1) is 5.92 Å². The second kappa shape index (κ2) is 6.86. The highest BCUT2D eigenvalue weighted by Gasteiger charge is 2.25. The molecule has 0 aromatic carbocycles. The Hall–Kier alpha value is -1.14. The molecule has 0 aliphatic rings. The van der Waals surface area contributed by atoms with Crippen LogP contribution in [0.1, 0.15) is 38.4 Å². The van der Waals surface area contributed by atoms with Crippen molar-refractivity contribution >= 4 is 17.4 Å². The molecule has 0 bridgehead atoms. The number of aromatic nitrogens is 1. The topological polar surface area (TPSA) is 74.2 Å². The van der Waals surface area contributed by atoms with Gasteiger partial charge in [0.2, 0.25) is 0 Å². The zero-order chi connectivity index (χ0) is 14.5. The Morgan fingerprint density at radius 1 is 1.53 bits per heavy atom. The Morgan fingerprint density at radius 3 is 2.74 bits per heavy atom. The number of hydrogen-bond donors (Lipinski definition) is 3. The molecule has 1 aromatic heterocycles. The van der Waals surface area contributed by atoms with Gasteiger partial charge in [0.05, 0.1) is 22.8 Å². The molecule has 0 saturated carbocycles. The first-order valence-electron chi connectivity index (χ1n) is 6.52. The number of nitrogens with one attached hydrogen (secondary N) is 2. The van der Waals surface area contributed by atoms with Gasteiger partial charge in [-0.3, -0.25) is 0 Å². The molecule has 0 aliphatic carbocycles. The highest BCUT2D eigenvalue weighted by Crippen LogP contribution is 2.14. The van der Waals surface area contributed by atoms with Crippen LogP contribution in [-0.4, -0.2) is 28.3 Å². The molecule has 19 heavy (non-hydrogen) atoms. The molecule has 5 nitrogen and oxygen atoms in total. The van der Waals surface area contributed by atoms with Crippen LogP contribution < -0.4 is 10.6 Å². The quantitative estimate of drug-likeness (QED) is 0.747. The summed E-state index contributed by atoms with van der Waals surface area (Å²) in [5.41, 5.74) is -0.0273. The Bertz CT molecular complexity index is 416. The third-order valence-corrected chi connectivity index (χ3v) is 4.22. The van der Waals surface area contributed by atoms with Crippen LogP contribution in [0.5, 0.6) is 0 Å². The predicted octanol–water partition coefficient (Wildman–Crippen LogP) is 1.91. The van der Waals surface area contributed by atoms with Crippen LogP contribution in [0.3, 0.4) is 0 Å². The molecular formula is C13H23N3O2S. The van der Waals surface area contributed by atoms with Gasteiger partial charge in [-0.05, 0) is 19.3 Å². The first-order chi connectivity index (χ1) is 8.85. The number of urea groups is 1. The first-order valence-corrected chi connectivity index (χ1v) is 7.40. The van der Waals surface area contributed by atoms with Crippen molar-refractivity contribution in [2.45, 2.75) is 46.3 Å². The van der Waals surface area contributed by atoms with Crippen LogP contribution in [0.2, 0.25) is 0 Å². The lowest BCUT2D eigenvalue weighted by Gasteiger charge is -2.27. The summed E-state index contributed by atoms with van der Waals surface area (Å²) in [5.74, 6) is 0.0819. The van der Waals surface area contributed by atoms with E-state index in [0.717, 1.165) is 17.1 Å². The molecule has 1 atom stereocenters. The van der Waals surface area contributed by atoms with E-state index in [-0.39, 0.29) is 18.5 Å². The van der Waals surface area contributed by atoms with Gasteiger partial charge in [0.15, 0.2) is 0 Å². The van der Waals surface area contributed by atoms with Crippen molar-refractivity contribution in [1.82, 2.24) is 15.6 Å². The normalized spacial score (nSPS) is 14.2. The van der Waals surface area contributed by atoms with Crippen LogP contribution in [-0.2, 0) is 13.0 Å². The van der Waals surface area contributed by atoms with Gasteiger partial charge in [-0.15, -0.1) is 11.3 Å². The van der Waals surface area contributed by atoms with Crippen molar-refractivity contribution < 1.29 is 9.90 Å². The number of hydrogen-bond acceptors (Lipinski definition) is 4. The predicted molar refractivity (Wildman–Crippen MR) is 77.2 cm³/mol. The molecular weight excluding hydrogens is 262 g/mol. The molecule has 1 unspecified atom stereocenters. The van der Waals surface area contributed by atoms with E-state index in [4.69, 9.17) is 0 Å². The number of amides is 2. The number of aryl methyl sites for hydroxylation is 1. The molecule has 2 amide bonds. The Labute approximate surface area is 118 Å². The van der Waals surface area contributed by atoms with E-state index >= 15 is 0 Å². The maximum atomic E-state index is 11.6. The summed E-state index contributed by atoms with van der Waals surface area (Å²) in [4.78, 5) is 16.0. The van der Waals surface area contributed by atoms with Crippen LogP contribution in [0.25, 0.3) is 0 Å². The lowest BCUT2D eigenvalue weighted by Crippen LogP contribution is -2.47. The van der Waals surface area contributed by atoms with Crippen molar-refractivity contribution in [2.24, 2.45) is 5.92 Å². The fourth-order valence-corrected chi connectivity index (χ4v) is 2.03. The van der Waals surface area contributed by atoms with Gasteiger partial charge in [-0.25, -0.2) is 9.78 Å². The number of aliphatic hydroxyl groups is 1. The van der Waals surface area contributed by atoms with Crippen molar-refractivity contribution in [3.8, 4) is 0 Å². The monoisotopic (exact) mass is 285 g/mol. The largest absolute Gasteiger partial charge is 0.388 e. The number of nitrogens with zero attached hydrogens (tertiary/aromatic N) is 1. The first kappa shape index (κ1) is 15.9. The molecule has 1 heterocycles. The molecule has 0 aliphatic heterocycles. The van der Waals surface area contributed by atoms with E-state index in [1.54, 1.807) is 18.3 Å². The summed E-state index contributed by atoms with van der Waals surface area (Å²) in [6.07, 6.45) is 0.911. The highest BCUT2D eigenvalue weighted by atomic mass is 32.1. The molecule has 0 radical (unpaired) electrons. The summed E-state index contributed by atoms with van der Waals surface area (Å²) in [7, 11) is 0. The molecule has 1 rings (SSSR count). The third-order valence-electron chi connectivity index (χ3n) is 3.18. The van der Waals surface area contributed by atoms with Gasteiger partial charge in [0.25, 0.3) is 0 Å². The number of rotatable bonds is 6. The smallest absolute Gasteiger partial charge is 0.315 e. The Balaban J connectivity index is 2.32. The third kappa shape index (κ3) is 5.16. The second-order valence-electron chi connectivity index (χ2n) is 5.13. The fourth-order valence-electron chi connectivity index (χ4n) is 1.29. The minimum Gasteiger partial charge on any atom is -0.388 e. The average molecular weight is 285 g/mol. The molecule has 6 heteroatoms.